The van der Waals surface area contributed by atoms with E-state index in [0.717, 1.165) is 20.5 Å². The van der Waals surface area contributed by atoms with Crippen molar-refractivity contribution in [1.82, 2.24) is 29.9 Å². The third kappa shape index (κ3) is 17.2. The van der Waals surface area contributed by atoms with Gasteiger partial charge in [-0.05, 0) is 79.5 Å². The summed E-state index contributed by atoms with van der Waals surface area (Å²) in [5.41, 5.74) is 8.31. The molecular formula is C53H77BrN8O9. The van der Waals surface area contributed by atoms with Crippen LogP contribution in [0.25, 0.3) is 10.9 Å². The molecule has 0 bridgehead atoms. The monoisotopic (exact) mass is 1050 g/mol. The third-order valence-corrected chi connectivity index (χ3v) is 12.8. The van der Waals surface area contributed by atoms with E-state index >= 15 is 9.59 Å². The van der Waals surface area contributed by atoms with Crippen LogP contribution in [-0.2, 0) is 44.8 Å². The van der Waals surface area contributed by atoms with E-state index in [9.17, 15) is 29.1 Å². The number of aliphatic carboxylic acids is 1. The number of carboxylic acids is 1. The Balaban J connectivity index is 2.18. The van der Waals surface area contributed by atoms with Crippen LogP contribution in [0.3, 0.4) is 0 Å². The maximum Gasteiger partial charge on any atom is 0.345 e. The van der Waals surface area contributed by atoms with Crippen LogP contribution in [0.2, 0.25) is 0 Å². The number of ether oxygens (including phenoxy) is 1. The highest BCUT2D eigenvalue weighted by atomic mass is 79.9. The molecule has 5 amide bonds. The quantitative estimate of drug-likeness (QED) is 0.0644. The Kier molecular flexibility index (Phi) is 22.3. The van der Waals surface area contributed by atoms with Crippen molar-refractivity contribution in [3.8, 4) is 6.07 Å². The van der Waals surface area contributed by atoms with Crippen molar-refractivity contribution in [3.63, 3.8) is 0 Å². The zero-order valence-electron chi connectivity index (χ0n) is 43.8. The van der Waals surface area contributed by atoms with Gasteiger partial charge in [0.25, 0.3) is 0 Å². The Morgan fingerprint density at radius 3 is 1.83 bits per heavy atom. The highest BCUT2D eigenvalue weighted by Crippen LogP contribution is 2.32. The van der Waals surface area contributed by atoms with E-state index in [0.29, 0.717) is 23.9 Å². The van der Waals surface area contributed by atoms with Crippen molar-refractivity contribution in [3.05, 3.63) is 70.3 Å². The second-order valence-corrected chi connectivity index (χ2v) is 22.1. The van der Waals surface area contributed by atoms with Crippen molar-refractivity contribution < 1.29 is 43.4 Å². The molecule has 0 spiro atoms. The summed E-state index contributed by atoms with van der Waals surface area (Å²) in [6, 6.07) is 10.2. The maximum absolute atomic E-state index is 15.3. The molecule has 71 heavy (non-hydrogen) atoms. The number of aromatic nitrogens is 1. The number of nitriles is 1. The molecule has 0 radical (unpaired) electrons. The minimum atomic E-state index is -1.61. The van der Waals surface area contributed by atoms with E-state index in [2.05, 4.69) is 26.6 Å². The van der Waals surface area contributed by atoms with E-state index in [1.807, 2.05) is 128 Å². The van der Waals surface area contributed by atoms with Crippen LogP contribution in [0.4, 0.5) is 0 Å². The minimum absolute atomic E-state index is 0.0187. The summed E-state index contributed by atoms with van der Waals surface area (Å²) in [4.78, 5) is 102. The van der Waals surface area contributed by atoms with Crippen LogP contribution in [0.5, 0.6) is 0 Å². The smallest absolute Gasteiger partial charge is 0.345 e. The number of hydrogen-bond donors (Lipinski definition) is 4. The summed E-state index contributed by atoms with van der Waals surface area (Å²) in [6.07, 6.45) is 0.746. The molecule has 0 aliphatic rings. The fraction of sp³-hybridized carbons (Fsp3) is 0.585. The van der Waals surface area contributed by atoms with Gasteiger partial charge in [0.1, 0.15) is 30.2 Å². The lowest BCUT2D eigenvalue weighted by Crippen LogP contribution is -2.58. The van der Waals surface area contributed by atoms with Crippen molar-refractivity contribution in [2.45, 2.75) is 157 Å². The van der Waals surface area contributed by atoms with Crippen molar-refractivity contribution in [2.75, 3.05) is 21.1 Å². The SMILES string of the molecule is CC(C)CC(C(=O)N[C@@H](CC(C)C)C(=O)N(C)[C@H](C(=O)N[C@@H](CC(C)C)C(=O)N(C)[C@@H](C)C(=O)O[C@H](CCC#N)C(=O)O)c1cn(Cc2ccc(Br)cc2)c2ccccc12)N(C)C(=O)[C@@H](N)CC(C)(C)C. The van der Waals surface area contributed by atoms with E-state index in [1.165, 1.54) is 30.8 Å². The number of carbonyl (C=O) groups excluding carboxylic acids is 6. The Hall–Kier alpha value is -5.80. The molecule has 18 heteroatoms. The largest absolute Gasteiger partial charge is 0.479 e. The van der Waals surface area contributed by atoms with E-state index in [-0.39, 0.29) is 55.3 Å². The number of nitrogens with zero attached hydrogens (tertiary/aromatic N) is 5. The van der Waals surface area contributed by atoms with Crippen molar-refractivity contribution >= 4 is 68.3 Å². The van der Waals surface area contributed by atoms with Crippen LogP contribution in [0, 0.1) is 34.5 Å². The van der Waals surface area contributed by atoms with Crippen molar-refractivity contribution in [2.24, 2.45) is 28.9 Å². The van der Waals surface area contributed by atoms with Crippen LogP contribution < -0.4 is 16.4 Å². The fourth-order valence-corrected chi connectivity index (χ4v) is 8.79. The average Bonchev–Trinajstić information content (AvgIpc) is 3.64. The summed E-state index contributed by atoms with van der Waals surface area (Å²) in [5.74, 6) is -5.68. The van der Waals surface area contributed by atoms with Gasteiger partial charge in [0.05, 0.1) is 12.1 Å². The first-order valence-corrected chi connectivity index (χ1v) is 25.2. The molecule has 5 N–H and O–H groups in total. The minimum Gasteiger partial charge on any atom is -0.479 e. The van der Waals surface area contributed by atoms with Gasteiger partial charge in [-0.15, -0.1) is 0 Å². The molecular weight excluding hydrogens is 973 g/mol. The topological polar surface area (TPSA) is 237 Å². The zero-order chi connectivity index (χ0) is 53.7. The molecule has 1 heterocycles. The summed E-state index contributed by atoms with van der Waals surface area (Å²) in [5, 5.41) is 25.2. The number of nitrogens with two attached hydrogens (primary N) is 1. The molecule has 0 saturated carbocycles. The Labute approximate surface area is 428 Å². The molecule has 1 unspecified atom stereocenters. The van der Waals surface area contributed by atoms with Gasteiger partial charge in [0.15, 0.2) is 6.10 Å². The number of benzene rings is 2. The Bertz CT molecular complexity index is 2370. The first kappa shape index (κ1) is 59.5. The number of amides is 5. The van der Waals surface area contributed by atoms with E-state index < -0.39 is 83.8 Å². The Morgan fingerprint density at radius 1 is 0.775 bits per heavy atom. The predicted octanol–water partition coefficient (Wildman–Crippen LogP) is 6.80. The van der Waals surface area contributed by atoms with Gasteiger partial charge in [0, 0.05) is 67.7 Å². The predicted molar refractivity (Wildman–Crippen MR) is 276 cm³/mol. The molecule has 7 atom stereocenters. The number of para-hydroxylation sites is 1. The van der Waals surface area contributed by atoms with Gasteiger partial charge in [-0.25, -0.2) is 9.59 Å². The molecule has 3 aromatic rings. The number of rotatable bonds is 25. The normalized spacial score (nSPS) is 14.7. The lowest BCUT2D eigenvalue weighted by atomic mass is 9.87. The standard InChI is InChI=1S/C53H77BrN8O9/c1-31(2)25-40(49(66)59(11)34(7)52(70)71-44(51(68)69)19-16-24-55)58-47(64)45(38-30-62(42-18-15-14-17-37(38)42)29-35-20-22-36(54)23-21-35)61(13)50(67)41(26-32(3)4)57-46(63)43(27-33(5)6)60(12)48(65)39(56)28-53(8,9)10/h14-15,17-18,20-23,30-34,39-41,43-45H,16,19,25-29,56H2,1-13H3,(H,57,63)(H,58,64)(H,68,69)/t34-,39-,40-,41-,43?,44+,45-/m0/s1. The number of hydrogen-bond acceptors (Lipinski definition) is 10. The van der Waals surface area contributed by atoms with Crippen LogP contribution in [0.1, 0.15) is 125 Å². The summed E-state index contributed by atoms with van der Waals surface area (Å²) >= 11 is 3.50. The van der Waals surface area contributed by atoms with Gasteiger partial charge >= 0.3 is 11.9 Å². The molecule has 1 aromatic heterocycles. The lowest BCUT2D eigenvalue weighted by molar-refractivity contribution is -0.169. The van der Waals surface area contributed by atoms with Gasteiger partial charge < -0.3 is 45.5 Å². The summed E-state index contributed by atoms with van der Waals surface area (Å²) in [6.45, 7) is 19.1. The molecule has 390 valence electrons. The number of carboxylic acid groups (broad SMARTS) is 1. The number of nitrogens with one attached hydrogen (secondary N) is 2. The summed E-state index contributed by atoms with van der Waals surface area (Å²) < 4.78 is 8.10. The molecule has 3 rings (SSSR count). The first-order valence-electron chi connectivity index (χ1n) is 24.4. The second-order valence-electron chi connectivity index (χ2n) is 21.1. The molecule has 0 fully saturated rings. The number of halogens is 1. The van der Waals surface area contributed by atoms with E-state index in [4.69, 9.17) is 15.7 Å². The van der Waals surface area contributed by atoms with Gasteiger partial charge in [-0.1, -0.05) is 109 Å². The third-order valence-electron chi connectivity index (χ3n) is 12.3. The molecule has 0 aliphatic heterocycles. The van der Waals surface area contributed by atoms with Gasteiger partial charge in [-0.3, -0.25) is 24.0 Å². The molecule has 2 aromatic carbocycles. The lowest BCUT2D eigenvalue weighted by Gasteiger charge is -2.35. The van der Waals surface area contributed by atoms with Crippen molar-refractivity contribution in [1.29, 1.82) is 5.26 Å². The number of fused-ring (bicyclic) bond motifs is 1. The van der Waals surface area contributed by atoms with Crippen LogP contribution >= 0.6 is 15.9 Å². The van der Waals surface area contributed by atoms with Gasteiger partial charge in [-0.2, -0.15) is 5.26 Å². The average molecular weight is 1050 g/mol. The first-order chi connectivity index (χ1) is 33.1. The van der Waals surface area contributed by atoms with Crippen LogP contribution in [-0.4, -0.2) is 123 Å². The Morgan fingerprint density at radius 2 is 1.31 bits per heavy atom. The zero-order valence-corrected chi connectivity index (χ0v) is 45.4. The van der Waals surface area contributed by atoms with E-state index in [1.54, 1.807) is 7.05 Å². The maximum atomic E-state index is 15.3. The molecule has 17 nitrogen and oxygen atoms in total. The van der Waals surface area contributed by atoms with Gasteiger partial charge in [0.2, 0.25) is 29.5 Å². The molecule has 0 aliphatic carbocycles. The number of carbonyl (C=O) groups is 7. The summed E-state index contributed by atoms with van der Waals surface area (Å²) in [7, 11) is 4.37. The van der Waals surface area contributed by atoms with Crippen LogP contribution in [0.15, 0.2) is 59.2 Å². The highest BCUT2D eigenvalue weighted by Gasteiger charge is 2.40. The fourth-order valence-electron chi connectivity index (χ4n) is 8.53. The number of likely N-dealkylation sites (N-methyl/N-ethyl adjacent to an activating group) is 3. The highest BCUT2D eigenvalue weighted by molar-refractivity contribution is 9.10. The number of esters is 1. The second kappa shape index (κ2) is 26.6. The molecule has 0 saturated heterocycles.